The molecule has 0 saturated carbocycles. The highest BCUT2D eigenvalue weighted by atomic mass is 32.2. The number of unbranched alkanes of at least 4 members (excludes halogenated alkanes) is 5. The Bertz CT molecular complexity index is 1290. The van der Waals surface area contributed by atoms with Crippen LogP contribution in [-0.4, -0.2) is 38.1 Å². The maximum absolute atomic E-state index is 14.8. The van der Waals surface area contributed by atoms with E-state index in [1.165, 1.54) is 43.5 Å². The molecule has 0 bridgehead atoms. The summed E-state index contributed by atoms with van der Waals surface area (Å²) in [7, 11) is 0. The molecule has 4 rings (SSSR count). The van der Waals surface area contributed by atoms with Crippen molar-refractivity contribution in [3.05, 3.63) is 71.0 Å². The molecular weight excluding hydrogens is 517 g/mol. The minimum atomic E-state index is -0.443. The molecule has 0 N–H and O–H groups in total. The predicted octanol–water partition coefficient (Wildman–Crippen LogP) is 8.03. The second kappa shape index (κ2) is 13.7. The van der Waals surface area contributed by atoms with Crippen molar-refractivity contribution in [2.75, 3.05) is 13.2 Å². The molecule has 200 valence electrons. The highest BCUT2D eigenvalue weighted by molar-refractivity contribution is 8.26. The SMILES string of the molecule is CCCCCCCCN1C(=O)/C(=C/c2cn(-c3ccccc3)nc2-c2ccc(OCCC)c(F)c2)SC1=S. The molecule has 1 aliphatic heterocycles. The zero-order valence-corrected chi connectivity index (χ0v) is 23.6. The molecule has 38 heavy (non-hydrogen) atoms. The van der Waals surface area contributed by atoms with E-state index in [2.05, 4.69) is 6.92 Å². The number of carbonyl (C=O) groups is 1. The van der Waals surface area contributed by atoms with Gasteiger partial charge in [-0.05, 0) is 49.2 Å². The highest BCUT2D eigenvalue weighted by Gasteiger charge is 2.32. The number of halogens is 1. The largest absolute Gasteiger partial charge is 0.491 e. The molecule has 3 aromatic rings. The normalized spacial score (nSPS) is 14.6. The van der Waals surface area contributed by atoms with E-state index < -0.39 is 5.82 Å². The number of ether oxygens (including phenoxy) is 1. The number of benzene rings is 2. The van der Waals surface area contributed by atoms with Crippen LogP contribution in [0.5, 0.6) is 5.75 Å². The lowest BCUT2D eigenvalue weighted by Gasteiger charge is -2.14. The first-order chi connectivity index (χ1) is 18.5. The molecule has 1 saturated heterocycles. The second-order valence-corrected chi connectivity index (χ2v) is 11.0. The number of rotatable bonds is 13. The van der Waals surface area contributed by atoms with Gasteiger partial charge in [0.25, 0.3) is 5.91 Å². The molecule has 0 atom stereocenters. The van der Waals surface area contributed by atoms with Crippen molar-refractivity contribution in [3.63, 3.8) is 0 Å². The molecular formula is C30H34FN3O2S2. The van der Waals surface area contributed by atoms with Gasteiger partial charge in [0.05, 0.1) is 17.2 Å². The number of hydrogen-bond acceptors (Lipinski definition) is 5. The Labute approximate surface area is 234 Å². The Morgan fingerprint density at radius 2 is 1.79 bits per heavy atom. The number of para-hydroxylation sites is 1. The van der Waals surface area contributed by atoms with E-state index in [0.717, 1.165) is 30.5 Å². The van der Waals surface area contributed by atoms with Crippen molar-refractivity contribution in [3.8, 4) is 22.7 Å². The summed E-state index contributed by atoms with van der Waals surface area (Å²) in [6, 6.07) is 14.6. The van der Waals surface area contributed by atoms with E-state index in [1.807, 2.05) is 49.5 Å². The van der Waals surface area contributed by atoms with Gasteiger partial charge in [-0.15, -0.1) is 0 Å². The van der Waals surface area contributed by atoms with Crippen LogP contribution in [0.1, 0.15) is 64.4 Å². The zero-order valence-electron chi connectivity index (χ0n) is 22.0. The van der Waals surface area contributed by atoms with E-state index in [0.29, 0.717) is 33.6 Å². The number of aromatic nitrogens is 2. The molecule has 0 unspecified atom stereocenters. The third-order valence-electron chi connectivity index (χ3n) is 6.33. The molecule has 1 amide bonds. The average molecular weight is 552 g/mol. The lowest BCUT2D eigenvalue weighted by molar-refractivity contribution is -0.122. The van der Waals surface area contributed by atoms with Gasteiger partial charge in [-0.3, -0.25) is 9.69 Å². The first-order valence-corrected chi connectivity index (χ1v) is 14.6. The third kappa shape index (κ3) is 6.91. The first kappa shape index (κ1) is 28.0. The molecule has 2 aromatic carbocycles. The molecule has 2 heterocycles. The van der Waals surface area contributed by atoms with E-state index in [9.17, 15) is 9.18 Å². The quantitative estimate of drug-likeness (QED) is 0.122. The molecule has 0 aliphatic carbocycles. The van der Waals surface area contributed by atoms with Crippen molar-refractivity contribution in [2.45, 2.75) is 58.8 Å². The van der Waals surface area contributed by atoms with Crippen molar-refractivity contribution in [1.29, 1.82) is 0 Å². The maximum atomic E-state index is 14.8. The van der Waals surface area contributed by atoms with E-state index in [-0.39, 0.29) is 11.7 Å². The number of carbonyl (C=O) groups excluding carboxylic acids is 1. The number of thiocarbonyl (C=S) groups is 1. The monoisotopic (exact) mass is 551 g/mol. The average Bonchev–Trinajstić information content (AvgIpc) is 3.46. The van der Waals surface area contributed by atoms with Crippen LogP contribution in [0.2, 0.25) is 0 Å². The van der Waals surface area contributed by atoms with E-state index >= 15 is 0 Å². The summed E-state index contributed by atoms with van der Waals surface area (Å²) >= 11 is 6.86. The fraction of sp³-hybridized carbons (Fsp3) is 0.367. The highest BCUT2D eigenvalue weighted by Crippen LogP contribution is 2.36. The fourth-order valence-corrected chi connectivity index (χ4v) is 5.59. The Kier molecular flexibility index (Phi) is 10.1. The van der Waals surface area contributed by atoms with Gasteiger partial charge in [0.15, 0.2) is 11.6 Å². The molecule has 1 aromatic heterocycles. The van der Waals surface area contributed by atoms with Crippen LogP contribution in [0.15, 0.2) is 59.6 Å². The minimum absolute atomic E-state index is 0.0820. The smallest absolute Gasteiger partial charge is 0.266 e. The van der Waals surface area contributed by atoms with Crippen LogP contribution in [0, 0.1) is 5.82 Å². The predicted molar refractivity (Wildman–Crippen MR) is 158 cm³/mol. The van der Waals surface area contributed by atoms with Crippen LogP contribution in [0.4, 0.5) is 4.39 Å². The van der Waals surface area contributed by atoms with Crippen LogP contribution in [0.25, 0.3) is 23.0 Å². The fourth-order valence-electron chi connectivity index (χ4n) is 4.29. The Morgan fingerprint density at radius 3 is 2.53 bits per heavy atom. The summed E-state index contributed by atoms with van der Waals surface area (Å²) in [5, 5.41) is 4.77. The van der Waals surface area contributed by atoms with Gasteiger partial charge in [-0.25, -0.2) is 9.07 Å². The summed E-state index contributed by atoms with van der Waals surface area (Å²) in [5.41, 5.74) is 2.77. The Balaban J connectivity index is 1.60. The number of hydrogen-bond donors (Lipinski definition) is 0. The molecule has 1 aliphatic rings. The first-order valence-electron chi connectivity index (χ1n) is 13.3. The molecule has 8 heteroatoms. The van der Waals surface area contributed by atoms with Gasteiger partial charge in [-0.2, -0.15) is 5.10 Å². The van der Waals surface area contributed by atoms with Gasteiger partial charge in [0.1, 0.15) is 10.0 Å². The Morgan fingerprint density at radius 1 is 1.03 bits per heavy atom. The Hall–Kier alpha value is -2.97. The van der Waals surface area contributed by atoms with Crippen LogP contribution < -0.4 is 4.74 Å². The maximum Gasteiger partial charge on any atom is 0.266 e. The summed E-state index contributed by atoms with van der Waals surface area (Å²) in [4.78, 5) is 15.5. The van der Waals surface area contributed by atoms with Gasteiger partial charge in [0.2, 0.25) is 0 Å². The number of nitrogens with zero attached hydrogens (tertiary/aromatic N) is 3. The lowest BCUT2D eigenvalue weighted by atomic mass is 10.1. The summed E-state index contributed by atoms with van der Waals surface area (Å²) < 4.78 is 22.7. The second-order valence-electron chi connectivity index (χ2n) is 9.31. The third-order valence-corrected chi connectivity index (χ3v) is 7.70. The molecule has 1 fully saturated rings. The molecule has 5 nitrogen and oxygen atoms in total. The van der Waals surface area contributed by atoms with E-state index in [1.54, 1.807) is 21.7 Å². The van der Waals surface area contributed by atoms with Crippen molar-refractivity contribution >= 4 is 40.3 Å². The van der Waals surface area contributed by atoms with Crippen molar-refractivity contribution in [1.82, 2.24) is 14.7 Å². The lowest BCUT2D eigenvalue weighted by Crippen LogP contribution is -2.29. The van der Waals surface area contributed by atoms with Crippen molar-refractivity contribution in [2.24, 2.45) is 0 Å². The van der Waals surface area contributed by atoms with Gasteiger partial charge < -0.3 is 4.74 Å². The minimum Gasteiger partial charge on any atom is -0.491 e. The summed E-state index contributed by atoms with van der Waals surface area (Å²) in [6.45, 7) is 5.26. The topological polar surface area (TPSA) is 47.4 Å². The molecule has 0 radical (unpaired) electrons. The number of amides is 1. The van der Waals surface area contributed by atoms with E-state index in [4.69, 9.17) is 22.1 Å². The standard InChI is InChI=1S/C30H34FN3O2S2/c1-3-5-6-7-8-12-17-33-29(35)27(38-30(33)37)20-23-21-34(24-13-10-9-11-14-24)32-28(23)22-15-16-26(25(31)19-22)36-18-4-2/h9-11,13-16,19-21H,3-8,12,17-18H2,1-2H3/b27-20-. The van der Waals surface area contributed by atoms with Gasteiger partial charge >= 0.3 is 0 Å². The summed E-state index contributed by atoms with van der Waals surface area (Å²) in [6.07, 6.45) is 11.4. The number of thioether (sulfide) groups is 1. The molecule has 0 spiro atoms. The zero-order chi connectivity index (χ0) is 26.9. The van der Waals surface area contributed by atoms with Crippen LogP contribution >= 0.6 is 24.0 Å². The summed E-state index contributed by atoms with van der Waals surface area (Å²) in [5.74, 6) is -0.307. The van der Waals surface area contributed by atoms with Crippen molar-refractivity contribution < 1.29 is 13.9 Å². The van der Waals surface area contributed by atoms with Crippen LogP contribution in [-0.2, 0) is 4.79 Å². The van der Waals surface area contributed by atoms with Crippen LogP contribution in [0.3, 0.4) is 0 Å². The van der Waals surface area contributed by atoms with Gasteiger partial charge in [0, 0.05) is 23.9 Å². The van der Waals surface area contributed by atoms with Gasteiger partial charge in [-0.1, -0.05) is 88.1 Å².